The average molecular weight is 496 g/mol. The zero-order valence-corrected chi connectivity index (χ0v) is 20.7. The first kappa shape index (κ1) is 24.3. The van der Waals surface area contributed by atoms with Gasteiger partial charge in [0.1, 0.15) is 29.9 Å². The van der Waals surface area contributed by atoms with Crippen molar-refractivity contribution in [2.45, 2.75) is 76.7 Å². The Labute approximate surface area is 209 Å². The summed E-state index contributed by atoms with van der Waals surface area (Å²) in [6.45, 7) is 8.28. The maximum Gasteiger partial charge on any atom is 0.167 e. The van der Waals surface area contributed by atoms with Crippen LogP contribution < -0.4 is 11.5 Å². The van der Waals surface area contributed by atoms with E-state index in [2.05, 4.69) is 38.4 Å². The van der Waals surface area contributed by atoms with Crippen LogP contribution in [0.4, 0.5) is 11.6 Å². The standard InChI is InChI=1S/C24H33N9O3/c1-4-6-15-9-17(24(36-15)33-13-30-19(14(3)25)22(33)27-5-2)34-10-16-7-8-18(35-16)32-12-31-20-21(26)28-11-29-23(20)32/h5,11-13,15-18,24H,3-4,6-10,25H2,1-2H3,(H2,26,28,29)/b27-5-/t15?,16?,17-,18?,24?/m1/s1. The van der Waals surface area contributed by atoms with E-state index in [4.69, 9.17) is 25.7 Å². The van der Waals surface area contributed by atoms with Gasteiger partial charge in [0.15, 0.2) is 23.5 Å². The highest BCUT2D eigenvalue weighted by Gasteiger charge is 2.39. The first-order valence-corrected chi connectivity index (χ1v) is 12.4. The lowest BCUT2D eigenvalue weighted by Gasteiger charge is -2.23. The van der Waals surface area contributed by atoms with Gasteiger partial charge in [-0.1, -0.05) is 19.9 Å². The molecule has 5 heterocycles. The molecule has 2 fully saturated rings. The number of nitrogen functional groups attached to an aromatic ring is 1. The highest BCUT2D eigenvalue weighted by atomic mass is 16.6. The molecule has 3 aromatic heterocycles. The van der Waals surface area contributed by atoms with E-state index >= 15 is 0 Å². The number of fused-ring (bicyclic) bond motifs is 1. The molecule has 2 saturated heterocycles. The molecule has 12 heteroatoms. The number of hydrogen-bond donors (Lipinski definition) is 2. The van der Waals surface area contributed by atoms with Crippen molar-refractivity contribution >= 4 is 34.7 Å². The number of nitrogens with two attached hydrogens (primary N) is 2. The topological polar surface area (TPSA) is 154 Å². The molecular weight excluding hydrogens is 462 g/mol. The van der Waals surface area contributed by atoms with Gasteiger partial charge in [-0.25, -0.2) is 24.9 Å². The van der Waals surface area contributed by atoms with Gasteiger partial charge in [0.2, 0.25) is 0 Å². The summed E-state index contributed by atoms with van der Waals surface area (Å²) in [6, 6.07) is 0. The molecule has 0 spiro atoms. The molecule has 4 N–H and O–H groups in total. The fourth-order valence-electron chi connectivity index (χ4n) is 4.96. The summed E-state index contributed by atoms with van der Waals surface area (Å²) < 4.78 is 23.0. The Bertz CT molecular complexity index is 1250. The number of aromatic nitrogens is 6. The zero-order valence-electron chi connectivity index (χ0n) is 20.7. The first-order chi connectivity index (χ1) is 17.5. The smallest absolute Gasteiger partial charge is 0.167 e. The van der Waals surface area contributed by atoms with E-state index in [0.29, 0.717) is 40.8 Å². The number of ether oxygens (including phenoxy) is 3. The summed E-state index contributed by atoms with van der Waals surface area (Å²) in [7, 11) is 0. The van der Waals surface area contributed by atoms with Crippen molar-refractivity contribution < 1.29 is 14.2 Å². The normalized spacial score (nSPS) is 26.4. The minimum atomic E-state index is -0.365. The molecule has 192 valence electrons. The van der Waals surface area contributed by atoms with Crippen LogP contribution in [0.1, 0.15) is 64.1 Å². The van der Waals surface area contributed by atoms with Crippen LogP contribution in [-0.4, -0.2) is 60.2 Å². The summed E-state index contributed by atoms with van der Waals surface area (Å²) in [5, 5.41) is 0. The van der Waals surface area contributed by atoms with E-state index < -0.39 is 0 Å². The van der Waals surface area contributed by atoms with Gasteiger partial charge in [-0.3, -0.25) is 9.13 Å². The predicted molar refractivity (Wildman–Crippen MR) is 135 cm³/mol. The largest absolute Gasteiger partial charge is 0.397 e. The number of rotatable bonds is 9. The quantitative estimate of drug-likeness (QED) is 0.426. The molecule has 36 heavy (non-hydrogen) atoms. The Balaban J connectivity index is 1.29. The minimum absolute atomic E-state index is 0.0622. The van der Waals surface area contributed by atoms with E-state index in [-0.39, 0.29) is 30.8 Å². The van der Waals surface area contributed by atoms with E-state index in [1.54, 1.807) is 18.9 Å². The molecule has 0 aromatic carbocycles. The molecule has 2 aliphatic heterocycles. The van der Waals surface area contributed by atoms with E-state index in [1.165, 1.54) is 6.33 Å². The van der Waals surface area contributed by atoms with Crippen molar-refractivity contribution in [3.63, 3.8) is 0 Å². The molecule has 5 atom stereocenters. The Morgan fingerprint density at radius 3 is 2.81 bits per heavy atom. The molecule has 0 amide bonds. The van der Waals surface area contributed by atoms with Crippen molar-refractivity contribution in [3.05, 3.63) is 31.3 Å². The van der Waals surface area contributed by atoms with Crippen molar-refractivity contribution in [3.8, 4) is 0 Å². The van der Waals surface area contributed by atoms with Gasteiger partial charge >= 0.3 is 0 Å². The lowest BCUT2D eigenvalue weighted by atomic mass is 10.1. The third-order valence-electron chi connectivity index (χ3n) is 6.63. The van der Waals surface area contributed by atoms with Crippen LogP contribution in [0.2, 0.25) is 0 Å². The van der Waals surface area contributed by atoms with Gasteiger partial charge in [0, 0.05) is 12.6 Å². The van der Waals surface area contributed by atoms with Gasteiger partial charge in [-0.05, 0) is 26.2 Å². The summed E-state index contributed by atoms with van der Waals surface area (Å²) >= 11 is 0. The second kappa shape index (κ2) is 10.3. The van der Waals surface area contributed by atoms with Gasteiger partial charge in [0.25, 0.3) is 0 Å². The predicted octanol–water partition coefficient (Wildman–Crippen LogP) is 3.11. The monoisotopic (exact) mass is 495 g/mol. The van der Waals surface area contributed by atoms with Crippen molar-refractivity contribution in [1.82, 2.24) is 29.1 Å². The van der Waals surface area contributed by atoms with E-state index in [9.17, 15) is 0 Å². The van der Waals surface area contributed by atoms with Crippen LogP contribution in [0.15, 0.2) is 30.6 Å². The van der Waals surface area contributed by atoms with Crippen LogP contribution in [0.25, 0.3) is 16.9 Å². The van der Waals surface area contributed by atoms with Crippen molar-refractivity contribution in [1.29, 1.82) is 0 Å². The van der Waals surface area contributed by atoms with Gasteiger partial charge < -0.3 is 25.7 Å². The summed E-state index contributed by atoms with van der Waals surface area (Å²) in [5.74, 6) is 0.976. The SMILES string of the molecule is C=C(N)c1ncn(C2OC(CCC)C[C@H]2OCC2CCC(n3cnc4c(N)ncnc43)O2)c1/N=C\C. The zero-order chi connectivity index (χ0) is 25.2. The summed E-state index contributed by atoms with van der Waals surface area (Å²) in [6.07, 6.45) is 10.3. The van der Waals surface area contributed by atoms with E-state index in [0.717, 1.165) is 32.1 Å². The summed E-state index contributed by atoms with van der Waals surface area (Å²) in [4.78, 5) is 21.6. The lowest BCUT2D eigenvalue weighted by molar-refractivity contribution is -0.0954. The third-order valence-corrected chi connectivity index (χ3v) is 6.63. The van der Waals surface area contributed by atoms with E-state index in [1.807, 2.05) is 16.1 Å². The Kier molecular flexibility index (Phi) is 6.99. The van der Waals surface area contributed by atoms with Crippen LogP contribution in [0.3, 0.4) is 0 Å². The van der Waals surface area contributed by atoms with Crippen molar-refractivity contribution in [2.24, 2.45) is 10.7 Å². The molecule has 3 aromatic rings. The van der Waals surface area contributed by atoms with Crippen LogP contribution in [0.5, 0.6) is 0 Å². The fourth-order valence-corrected chi connectivity index (χ4v) is 4.96. The molecule has 2 aliphatic rings. The van der Waals surface area contributed by atoms with Crippen LogP contribution in [0, 0.1) is 0 Å². The third kappa shape index (κ3) is 4.59. The molecule has 0 saturated carbocycles. The number of anilines is 1. The van der Waals surface area contributed by atoms with Gasteiger partial charge in [-0.2, -0.15) is 0 Å². The number of aliphatic imine (C=N–C) groups is 1. The van der Waals surface area contributed by atoms with Crippen molar-refractivity contribution in [2.75, 3.05) is 12.3 Å². The Morgan fingerprint density at radius 2 is 2.03 bits per heavy atom. The van der Waals surface area contributed by atoms with Crippen LogP contribution >= 0.6 is 0 Å². The molecule has 5 rings (SSSR count). The van der Waals surface area contributed by atoms with Gasteiger partial charge in [0.05, 0.1) is 37.2 Å². The summed E-state index contributed by atoms with van der Waals surface area (Å²) in [5.41, 5.74) is 14.0. The molecule has 0 aliphatic carbocycles. The highest BCUT2D eigenvalue weighted by molar-refractivity contribution is 5.81. The fraction of sp³-hybridized carbons (Fsp3) is 0.542. The molecule has 4 unspecified atom stereocenters. The second-order valence-electron chi connectivity index (χ2n) is 9.15. The maximum absolute atomic E-state index is 6.43. The lowest BCUT2D eigenvalue weighted by Crippen LogP contribution is -2.27. The number of nitrogens with zero attached hydrogens (tertiary/aromatic N) is 7. The molecule has 0 radical (unpaired) electrons. The number of imidazole rings is 2. The molecular formula is C24H33N9O3. The maximum atomic E-state index is 6.43. The second-order valence-corrected chi connectivity index (χ2v) is 9.15. The Hall–Kier alpha value is -3.35. The minimum Gasteiger partial charge on any atom is -0.397 e. The average Bonchev–Trinajstić information content (AvgIpc) is 3.63. The van der Waals surface area contributed by atoms with Crippen LogP contribution in [-0.2, 0) is 14.2 Å². The molecule has 0 bridgehead atoms. The first-order valence-electron chi connectivity index (χ1n) is 12.4. The Morgan fingerprint density at radius 1 is 1.19 bits per heavy atom. The molecule has 12 nitrogen and oxygen atoms in total. The highest BCUT2D eigenvalue weighted by Crippen LogP contribution is 2.38. The van der Waals surface area contributed by atoms with Gasteiger partial charge in [-0.15, -0.1) is 0 Å². The number of hydrogen-bond acceptors (Lipinski definition) is 10.